The highest BCUT2D eigenvalue weighted by Crippen LogP contribution is 2.38. The normalized spacial score (nSPS) is 12.4. The molecular weight excluding hydrogens is 360 g/mol. The zero-order chi connectivity index (χ0) is 18.9. The molecule has 0 atom stereocenters. The molecule has 0 saturated heterocycles. The summed E-state index contributed by atoms with van der Waals surface area (Å²) < 4.78 is 79.0. The lowest BCUT2D eigenvalue weighted by atomic mass is 10.0. The molecule has 0 N–H and O–H groups in total. The second kappa shape index (κ2) is 6.47. The summed E-state index contributed by atoms with van der Waals surface area (Å²) in [6, 6.07) is 10.4. The topological polar surface area (TPSA) is 30.7 Å². The number of nitrogens with zero attached hydrogens (tertiary/aromatic N) is 3. The third-order valence-electron chi connectivity index (χ3n) is 3.61. The molecule has 1 heterocycles. The fourth-order valence-corrected chi connectivity index (χ4v) is 2.38. The van der Waals surface area contributed by atoms with Gasteiger partial charge in [-0.05, 0) is 23.8 Å². The van der Waals surface area contributed by atoms with E-state index >= 15 is 0 Å². The third kappa shape index (κ3) is 4.04. The van der Waals surface area contributed by atoms with Crippen molar-refractivity contribution < 1.29 is 26.3 Å². The number of hydrogen-bond donors (Lipinski definition) is 0. The monoisotopic (exact) mass is 371 g/mol. The second-order valence-electron chi connectivity index (χ2n) is 5.58. The number of alkyl halides is 6. The average Bonchev–Trinajstić information content (AvgIpc) is 3.02. The molecule has 0 fully saturated rings. The maximum Gasteiger partial charge on any atom is 0.416 e. The second-order valence-corrected chi connectivity index (χ2v) is 5.58. The Morgan fingerprint density at radius 1 is 0.808 bits per heavy atom. The maximum absolute atomic E-state index is 12.9. The summed E-state index contributed by atoms with van der Waals surface area (Å²) in [6.45, 7) is 0.291. The molecule has 26 heavy (non-hydrogen) atoms. The minimum atomic E-state index is -4.91. The van der Waals surface area contributed by atoms with Crippen LogP contribution in [0.5, 0.6) is 0 Å². The van der Waals surface area contributed by atoms with Gasteiger partial charge in [-0.3, -0.25) is 0 Å². The van der Waals surface area contributed by atoms with Crippen molar-refractivity contribution >= 4 is 0 Å². The Labute approximate surface area is 143 Å². The average molecular weight is 371 g/mol. The molecule has 3 aromatic rings. The minimum Gasteiger partial charge on any atom is -0.247 e. The first-order valence-corrected chi connectivity index (χ1v) is 7.37. The third-order valence-corrected chi connectivity index (χ3v) is 3.61. The van der Waals surface area contributed by atoms with Crippen molar-refractivity contribution in [3.63, 3.8) is 0 Å². The fourth-order valence-electron chi connectivity index (χ4n) is 2.38. The van der Waals surface area contributed by atoms with Gasteiger partial charge in [0, 0.05) is 5.56 Å². The largest absolute Gasteiger partial charge is 0.416 e. The molecule has 0 saturated carbocycles. The number of hydrogen-bond acceptors (Lipinski definition) is 2. The van der Waals surface area contributed by atoms with Gasteiger partial charge in [0.25, 0.3) is 0 Å². The van der Waals surface area contributed by atoms with Crippen molar-refractivity contribution in [2.24, 2.45) is 0 Å². The van der Waals surface area contributed by atoms with E-state index in [-0.39, 0.29) is 17.3 Å². The van der Waals surface area contributed by atoms with E-state index in [0.29, 0.717) is 18.7 Å². The lowest BCUT2D eigenvalue weighted by molar-refractivity contribution is -0.143. The van der Waals surface area contributed by atoms with Crippen molar-refractivity contribution in [1.29, 1.82) is 0 Å². The van der Waals surface area contributed by atoms with E-state index in [0.717, 1.165) is 5.56 Å². The van der Waals surface area contributed by atoms with Crippen LogP contribution >= 0.6 is 0 Å². The van der Waals surface area contributed by atoms with Gasteiger partial charge in [0.2, 0.25) is 0 Å². The highest BCUT2D eigenvalue weighted by atomic mass is 19.4. The fraction of sp³-hybridized carbons (Fsp3) is 0.176. The molecule has 0 aliphatic rings. The van der Waals surface area contributed by atoms with Crippen LogP contribution in [-0.2, 0) is 18.9 Å². The first-order chi connectivity index (χ1) is 12.1. The summed E-state index contributed by atoms with van der Waals surface area (Å²) in [5, 5.41) is 7.48. The lowest BCUT2D eigenvalue weighted by Gasteiger charge is -2.13. The molecule has 0 unspecified atom stereocenters. The maximum atomic E-state index is 12.9. The molecule has 0 aliphatic heterocycles. The Hall–Kier alpha value is -2.84. The highest BCUT2D eigenvalue weighted by molar-refractivity contribution is 5.61. The van der Waals surface area contributed by atoms with Gasteiger partial charge in [-0.2, -0.15) is 26.3 Å². The standard InChI is InChI=1S/C17H11F6N3/c18-16(19,20)13-6-12(7-14(8-13)17(21,22)23)15-10-26(25-24-15)9-11-4-2-1-3-5-11/h1-8,10H,9H2. The van der Waals surface area contributed by atoms with Crippen LogP contribution in [-0.4, -0.2) is 15.0 Å². The number of benzene rings is 2. The van der Waals surface area contributed by atoms with E-state index < -0.39 is 23.5 Å². The van der Waals surface area contributed by atoms with Crippen LogP contribution < -0.4 is 0 Å². The van der Waals surface area contributed by atoms with Crippen LogP contribution in [0.25, 0.3) is 11.3 Å². The Kier molecular flexibility index (Phi) is 4.47. The molecule has 1 aromatic heterocycles. The SMILES string of the molecule is FC(F)(F)c1cc(-c2cn(Cc3ccccc3)nn2)cc(C(F)(F)F)c1. The summed E-state index contributed by atoms with van der Waals surface area (Å²) >= 11 is 0. The summed E-state index contributed by atoms with van der Waals surface area (Å²) in [5.41, 5.74) is -2.28. The Bertz CT molecular complexity index is 865. The Morgan fingerprint density at radius 3 is 1.92 bits per heavy atom. The molecule has 0 spiro atoms. The predicted octanol–water partition coefficient (Wildman–Crippen LogP) is 5.03. The van der Waals surface area contributed by atoms with Gasteiger partial charge in [-0.1, -0.05) is 35.5 Å². The molecule has 9 heteroatoms. The summed E-state index contributed by atoms with van der Waals surface area (Å²) in [5.74, 6) is 0. The molecule has 0 radical (unpaired) electrons. The van der Waals surface area contributed by atoms with Crippen molar-refractivity contribution in [1.82, 2.24) is 15.0 Å². The van der Waals surface area contributed by atoms with Gasteiger partial charge >= 0.3 is 12.4 Å². The van der Waals surface area contributed by atoms with Gasteiger partial charge < -0.3 is 0 Å². The molecule has 136 valence electrons. The number of aromatic nitrogens is 3. The zero-order valence-electron chi connectivity index (χ0n) is 13.0. The Morgan fingerprint density at radius 2 is 1.38 bits per heavy atom. The van der Waals surface area contributed by atoms with E-state index in [1.54, 1.807) is 12.1 Å². The molecule has 0 amide bonds. The molecule has 3 rings (SSSR count). The summed E-state index contributed by atoms with van der Waals surface area (Å²) in [4.78, 5) is 0. The number of halogens is 6. The van der Waals surface area contributed by atoms with E-state index in [4.69, 9.17) is 0 Å². The van der Waals surface area contributed by atoms with E-state index in [1.807, 2.05) is 18.2 Å². The lowest BCUT2D eigenvalue weighted by Crippen LogP contribution is -2.11. The van der Waals surface area contributed by atoms with Crippen molar-refractivity contribution in [2.45, 2.75) is 18.9 Å². The van der Waals surface area contributed by atoms with Gasteiger partial charge in [0.1, 0.15) is 5.69 Å². The van der Waals surface area contributed by atoms with E-state index in [2.05, 4.69) is 10.3 Å². The molecule has 3 nitrogen and oxygen atoms in total. The van der Waals surface area contributed by atoms with Crippen molar-refractivity contribution in [3.05, 3.63) is 71.4 Å². The van der Waals surface area contributed by atoms with Crippen LogP contribution in [0, 0.1) is 0 Å². The van der Waals surface area contributed by atoms with Crippen molar-refractivity contribution in [3.8, 4) is 11.3 Å². The van der Waals surface area contributed by atoms with Gasteiger partial charge in [-0.25, -0.2) is 4.68 Å². The molecule has 0 bridgehead atoms. The van der Waals surface area contributed by atoms with Gasteiger partial charge in [-0.15, -0.1) is 5.10 Å². The van der Waals surface area contributed by atoms with E-state index in [1.165, 1.54) is 10.9 Å². The van der Waals surface area contributed by atoms with E-state index in [9.17, 15) is 26.3 Å². The summed E-state index contributed by atoms with van der Waals surface area (Å²) in [6.07, 6.45) is -8.51. The Balaban J connectivity index is 1.98. The molecule has 2 aromatic carbocycles. The predicted molar refractivity (Wildman–Crippen MR) is 81.0 cm³/mol. The van der Waals surface area contributed by atoms with Crippen LogP contribution in [0.15, 0.2) is 54.7 Å². The zero-order valence-corrected chi connectivity index (χ0v) is 13.0. The molecule has 0 aliphatic carbocycles. The van der Waals surface area contributed by atoms with Crippen molar-refractivity contribution in [2.75, 3.05) is 0 Å². The van der Waals surface area contributed by atoms with Crippen LogP contribution in [0.3, 0.4) is 0 Å². The quantitative estimate of drug-likeness (QED) is 0.605. The smallest absolute Gasteiger partial charge is 0.247 e. The summed E-state index contributed by atoms with van der Waals surface area (Å²) in [7, 11) is 0. The minimum absolute atomic E-state index is 0.0717. The first kappa shape index (κ1) is 18.0. The van der Waals surface area contributed by atoms with Gasteiger partial charge in [0.15, 0.2) is 0 Å². The number of rotatable bonds is 3. The van der Waals surface area contributed by atoms with Crippen LogP contribution in [0.2, 0.25) is 0 Å². The van der Waals surface area contributed by atoms with Crippen LogP contribution in [0.4, 0.5) is 26.3 Å². The van der Waals surface area contributed by atoms with Gasteiger partial charge in [0.05, 0.1) is 23.9 Å². The molecular formula is C17H11F6N3. The highest BCUT2D eigenvalue weighted by Gasteiger charge is 2.37. The van der Waals surface area contributed by atoms with Crippen LogP contribution in [0.1, 0.15) is 16.7 Å². The first-order valence-electron chi connectivity index (χ1n) is 7.37.